The number of imide groups is 1. The van der Waals surface area contributed by atoms with Crippen molar-refractivity contribution in [2.24, 2.45) is 0 Å². The zero-order valence-electron chi connectivity index (χ0n) is 15.4. The van der Waals surface area contributed by atoms with Crippen LogP contribution in [-0.2, 0) is 20.9 Å². The Morgan fingerprint density at radius 2 is 1.93 bits per heavy atom. The average molecular weight is 390 g/mol. The molecule has 1 aromatic carbocycles. The van der Waals surface area contributed by atoms with E-state index in [1.165, 1.54) is 24.3 Å². The van der Waals surface area contributed by atoms with E-state index in [4.69, 9.17) is 9.26 Å². The van der Waals surface area contributed by atoms with Gasteiger partial charge in [0.1, 0.15) is 17.9 Å². The van der Waals surface area contributed by atoms with Crippen molar-refractivity contribution in [1.82, 2.24) is 20.4 Å². The molecule has 0 saturated carbocycles. The van der Waals surface area contributed by atoms with E-state index in [1.807, 2.05) is 0 Å². The summed E-state index contributed by atoms with van der Waals surface area (Å²) in [6, 6.07) is 4.87. The fraction of sp³-hybridized carbons (Fsp3) is 0.389. The number of hydrogen-bond donors (Lipinski definition) is 1. The van der Waals surface area contributed by atoms with Gasteiger partial charge in [-0.1, -0.05) is 19.0 Å². The van der Waals surface area contributed by atoms with E-state index in [0.717, 1.165) is 4.90 Å². The number of hydrogen-bond acceptors (Lipinski definition) is 7. The first kappa shape index (κ1) is 19.5. The largest absolute Gasteiger partial charge is 0.454 e. The van der Waals surface area contributed by atoms with Gasteiger partial charge in [-0.25, -0.2) is 9.18 Å². The van der Waals surface area contributed by atoms with Gasteiger partial charge in [-0.15, -0.1) is 0 Å². The van der Waals surface area contributed by atoms with Crippen LogP contribution in [0.5, 0.6) is 0 Å². The van der Waals surface area contributed by atoms with Crippen LogP contribution in [0.1, 0.15) is 32.6 Å². The van der Waals surface area contributed by atoms with Gasteiger partial charge in [0.25, 0.3) is 11.8 Å². The zero-order chi connectivity index (χ0) is 20.3. The molecule has 1 aromatic heterocycles. The predicted molar refractivity (Wildman–Crippen MR) is 93.0 cm³/mol. The van der Waals surface area contributed by atoms with Crippen molar-refractivity contribution in [3.05, 3.63) is 36.0 Å². The Labute approximate surface area is 159 Å². The van der Waals surface area contributed by atoms with Crippen molar-refractivity contribution in [3.63, 3.8) is 0 Å². The smallest absolute Gasteiger partial charge is 0.326 e. The summed E-state index contributed by atoms with van der Waals surface area (Å²) in [5.41, 5.74) is -0.439. The third-order valence-corrected chi connectivity index (χ3v) is 4.67. The summed E-state index contributed by atoms with van der Waals surface area (Å²) in [7, 11) is 0. The standard InChI is InChI=1S/C18H19FN4O5/c1-3-18(4-2)16(25)23(17(26)21-18)9-14(24)27-10-13-20-15(22-28-13)11-5-7-12(19)8-6-11/h5-8H,3-4,9-10H2,1-2H3,(H,21,26). The van der Waals surface area contributed by atoms with E-state index in [1.54, 1.807) is 13.8 Å². The Balaban J connectivity index is 1.57. The van der Waals surface area contributed by atoms with Crippen LogP contribution in [-0.4, -0.2) is 45.0 Å². The molecule has 1 aliphatic rings. The van der Waals surface area contributed by atoms with Gasteiger partial charge in [-0.2, -0.15) is 4.98 Å². The van der Waals surface area contributed by atoms with E-state index in [9.17, 15) is 18.8 Å². The number of aromatic nitrogens is 2. The molecule has 0 atom stereocenters. The van der Waals surface area contributed by atoms with Gasteiger partial charge < -0.3 is 14.6 Å². The van der Waals surface area contributed by atoms with E-state index in [0.29, 0.717) is 18.4 Å². The molecule has 0 bridgehead atoms. The van der Waals surface area contributed by atoms with Crippen molar-refractivity contribution in [2.75, 3.05) is 6.54 Å². The van der Waals surface area contributed by atoms with Crippen LogP contribution >= 0.6 is 0 Å². The maximum Gasteiger partial charge on any atom is 0.326 e. The van der Waals surface area contributed by atoms with Crippen LogP contribution in [0.15, 0.2) is 28.8 Å². The molecule has 0 unspecified atom stereocenters. The van der Waals surface area contributed by atoms with Gasteiger partial charge in [-0.3, -0.25) is 14.5 Å². The lowest BCUT2D eigenvalue weighted by atomic mass is 9.93. The topological polar surface area (TPSA) is 115 Å². The van der Waals surface area contributed by atoms with Crippen molar-refractivity contribution < 1.29 is 28.0 Å². The van der Waals surface area contributed by atoms with Crippen LogP contribution in [0.4, 0.5) is 9.18 Å². The zero-order valence-corrected chi connectivity index (χ0v) is 15.4. The van der Waals surface area contributed by atoms with Crippen LogP contribution in [0.25, 0.3) is 11.4 Å². The SMILES string of the molecule is CCC1(CC)NC(=O)N(CC(=O)OCc2nc(-c3ccc(F)cc3)no2)C1=O. The molecule has 3 amide bonds. The highest BCUT2D eigenvalue weighted by Crippen LogP contribution is 2.24. The van der Waals surface area contributed by atoms with Gasteiger partial charge in [0.2, 0.25) is 5.82 Å². The lowest BCUT2D eigenvalue weighted by Crippen LogP contribution is -2.46. The molecule has 3 rings (SSSR count). The number of nitrogens with one attached hydrogen (secondary N) is 1. The first-order valence-electron chi connectivity index (χ1n) is 8.76. The predicted octanol–water partition coefficient (Wildman–Crippen LogP) is 2.03. The number of benzene rings is 1. The minimum Gasteiger partial charge on any atom is -0.454 e. The summed E-state index contributed by atoms with van der Waals surface area (Å²) >= 11 is 0. The van der Waals surface area contributed by atoms with Crippen molar-refractivity contribution >= 4 is 17.9 Å². The van der Waals surface area contributed by atoms with Crippen LogP contribution in [0.3, 0.4) is 0 Å². The van der Waals surface area contributed by atoms with Gasteiger partial charge in [-0.05, 0) is 37.1 Å². The first-order valence-corrected chi connectivity index (χ1v) is 8.76. The van der Waals surface area contributed by atoms with E-state index < -0.39 is 35.8 Å². The van der Waals surface area contributed by atoms with Crippen molar-refractivity contribution in [3.8, 4) is 11.4 Å². The van der Waals surface area contributed by atoms with E-state index in [2.05, 4.69) is 15.5 Å². The molecule has 1 N–H and O–H groups in total. The summed E-state index contributed by atoms with van der Waals surface area (Å²) in [5.74, 6) is -1.38. The lowest BCUT2D eigenvalue weighted by molar-refractivity contribution is -0.149. The number of halogens is 1. The Morgan fingerprint density at radius 3 is 2.54 bits per heavy atom. The fourth-order valence-corrected chi connectivity index (χ4v) is 2.90. The number of rotatable bonds is 7. The number of esters is 1. The molecule has 10 heteroatoms. The summed E-state index contributed by atoms with van der Waals surface area (Å²) in [6.45, 7) is 2.75. The molecule has 1 aliphatic heterocycles. The second-order valence-electron chi connectivity index (χ2n) is 6.29. The second kappa shape index (κ2) is 7.75. The molecule has 9 nitrogen and oxygen atoms in total. The summed E-state index contributed by atoms with van der Waals surface area (Å²) in [5, 5.41) is 6.37. The fourth-order valence-electron chi connectivity index (χ4n) is 2.90. The minimum atomic E-state index is -0.978. The third-order valence-electron chi connectivity index (χ3n) is 4.67. The second-order valence-corrected chi connectivity index (χ2v) is 6.29. The van der Waals surface area contributed by atoms with Gasteiger partial charge >= 0.3 is 12.0 Å². The minimum absolute atomic E-state index is 0.0290. The molecule has 0 aliphatic carbocycles. The normalized spacial score (nSPS) is 15.6. The summed E-state index contributed by atoms with van der Waals surface area (Å²) in [4.78, 5) is 41.4. The lowest BCUT2D eigenvalue weighted by Gasteiger charge is -2.22. The Hall–Kier alpha value is -3.30. The maximum atomic E-state index is 13.0. The monoisotopic (exact) mass is 390 g/mol. The van der Waals surface area contributed by atoms with Gasteiger partial charge in [0, 0.05) is 5.56 Å². The molecule has 28 heavy (non-hydrogen) atoms. The molecular weight excluding hydrogens is 371 g/mol. The maximum absolute atomic E-state index is 13.0. The van der Waals surface area contributed by atoms with Crippen LogP contribution in [0.2, 0.25) is 0 Å². The highest BCUT2D eigenvalue weighted by atomic mass is 19.1. The van der Waals surface area contributed by atoms with Crippen LogP contribution < -0.4 is 5.32 Å². The number of urea groups is 1. The van der Waals surface area contributed by atoms with Crippen LogP contribution in [0, 0.1) is 5.82 Å². The Bertz CT molecular complexity index is 892. The highest BCUT2D eigenvalue weighted by Gasteiger charge is 2.49. The molecule has 0 spiro atoms. The average Bonchev–Trinajstić information content (AvgIpc) is 3.25. The number of carbonyl (C=O) groups is 3. The molecule has 0 radical (unpaired) electrons. The quantitative estimate of drug-likeness (QED) is 0.568. The summed E-state index contributed by atoms with van der Waals surface area (Å²) < 4.78 is 23.0. The summed E-state index contributed by atoms with van der Waals surface area (Å²) in [6.07, 6.45) is 0.849. The van der Waals surface area contributed by atoms with E-state index >= 15 is 0 Å². The van der Waals surface area contributed by atoms with Crippen molar-refractivity contribution in [1.29, 1.82) is 0 Å². The third kappa shape index (κ3) is 3.71. The number of carbonyl (C=O) groups excluding carboxylic acids is 3. The first-order chi connectivity index (χ1) is 13.4. The Morgan fingerprint density at radius 1 is 1.25 bits per heavy atom. The molecule has 2 aromatic rings. The number of nitrogens with zero attached hydrogens (tertiary/aromatic N) is 3. The van der Waals surface area contributed by atoms with Gasteiger partial charge in [0.05, 0.1) is 0 Å². The highest BCUT2D eigenvalue weighted by molar-refractivity contribution is 6.08. The van der Waals surface area contributed by atoms with Gasteiger partial charge in [0.15, 0.2) is 6.61 Å². The van der Waals surface area contributed by atoms with E-state index in [-0.39, 0.29) is 18.3 Å². The molecule has 1 fully saturated rings. The molecular formula is C18H19FN4O5. The molecule has 2 heterocycles. The molecule has 1 saturated heterocycles. The Kier molecular flexibility index (Phi) is 5.39. The number of amides is 3. The van der Waals surface area contributed by atoms with Crippen molar-refractivity contribution in [2.45, 2.75) is 38.8 Å². The number of ether oxygens (including phenoxy) is 1. The molecule has 148 valence electrons.